The van der Waals surface area contributed by atoms with E-state index in [0.717, 1.165) is 5.56 Å². The second-order valence-corrected chi connectivity index (χ2v) is 3.53. The molecule has 6 heteroatoms. The maximum Gasteiger partial charge on any atom is 0.273 e. The highest BCUT2D eigenvalue weighted by atomic mass is 19.1. The van der Waals surface area contributed by atoms with Crippen molar-refractivity contribution in [1.29, 1.82) is 0 Å². The van der Waals surface area contributed by atoms with Crippen LogP contribution in [0.15, 0.2) is 30.5 Å². The number of nitrogens with zero attached hydrogens (tertiary/aromatic N) is 3. The first kappa shape index (κ1) is 11.3. The number of carbonyl (C=O) groups is 1. The Bertz CT molecular complexity index is 521. The minimum Gasteiger partial charge on any atom is -0.347 e. The van der Waals surface area contributed by atoms with Crippen molar-refractivity contribution in [3.8, 4) is 0 Å². The molecule has 0 fully saturated rings. The normalized spacial score (nSPS) is 10.2. The summed E-state index contributed by atoms with van der Waals surface area (Å²) < 4.78 is 12.6. The van der Waals surface area contributed by atoms with E-state index >= 15 is 0 Å². The minimum atomic E-state index is -0.303. The lowest BCUT2D eigenvalue weighted by Gasteiger charge is -2.02. The Morgan fingerprint density at radius 1 is 1.41 bits per heavy atom. The zero-order valence-corrected chi connectivity index (χ0v) is 9.22. The Balaban J connectivity index is 1.94. The fourth-order valence-electron chi connectivity index (χ4n) is 1.32. The van der Waals surface area contributed by atoms with Crippen LogP contribution in [-0.2, 0) is 13.6 Å². The Morgan fingerprint density at radius 2 is 2.12 bits per heavy atom. The van der Waals surface area contributed by atoms with Crippen molar-refractivity contribution in [3.05, 3.63) is 47.5 Å². The summed E-state index contributed by atoms with van der Waals surface area (Å²) in [5.41, 5.74) is 1.08. The van der Waals surface area contributed by atoms with Gasteiger partial charge in [-0.25, -0.2) is 4.39 Å². The SMILES string of the molecule is Cn1ncc(C(=O)NCc2ccc(F)cc2)n1. The van der Waals surface area contributed by atoms with Crippen LogP contribution >= 0.6 is 0 Å². The third kappa shape index (κ3) is 2.87. The van der Waals surface area contributed by atoms with Crippen molar-refractivity contribution in [1.82, 2.24) is 20.3 Å². The third-order valence-electron chi connectivity index (χ3n) is 2.20. The number of amides is 1. The maximum atomic E-state index is 12.6. The predicted octanol–water partition coefficient (Wildman–Crippen LogP) is 0.884. The molecule has 1 heterocycles. The van der Waals surface area contributed by atoms with Gasteiger partial charge in [0.05, 0.1) is 6.20 Å². The van der Waals surface area contributed by atoms with Gasteiger partial charge >= 0.3 is 0 Å². The molecule has 1 amide bonds. The molecule has 0 unspecified atom stereocenters. The van der Waals surface area contributed by atoms with Gasteiger partial charge in [-0.15, -0.1) is 5.10 Å². The molecule has 1 N–H and O–H groups in total. The molecule has 0 aliphatic carbocycles. The van der Waals surface area contributed by atoms with Gasteiger partial charge in [0, 0.05) is 13.6 Å². The number of aromatic nitrogens is 3. The number of aryl methyl sites for hydroxylation is 1. The zero-order valence-electron chi connectivity index (χ0n) is 9.22. The summed E-state index contributed by atoms with van der Waals surface area (Å²) in [5.74, 6) is -0.601. The molecule has 1 aromatic heterocycles. The van der Waals surface area contributed by atoms with Gasteiger partial charge in [0.15, 0.2) is 5.69 Å². The van der Waals surface area contributed by atoms with Crippen molar-refractivity contribution in [3.63, 3.8) is 0 Å². The Kier molecular flexibility index (Phi) is 3.13. The number of benzene rings is 1. The predicted molar refractivity (Wildman–Crippen MR) is 58.6 cm³/mol. The van der Waals surface area contributed by atoms with Crippen molar-refractivity contribution in [2.24, 2.45) is 7.05 Å². The minimum absolute atomic E-state index is 0.259. The van der Waals surface area contributed by atoms with Gasteiger partial charge < -0.3 is 5.32 Å². The fraction of sp³-hybridized carbons (Fsp3) is 0.182. The number of rotatable bonds is 3. The zero-order chi connectivity index (χ0) is 12.3. The van der Waals surface area contributed by atoms with Gasteiger partial charge in [0.25, 0.3) is 5.91 Å². The van der Waals surface area contributed by atoms with Crippen LogP contribution in [0.3, 0.4) is 0 Å². The average molecular weight is 234 g/mol. The molecule has 0 saturated heterocycles. The summed E-state index contributed by atoms with van der Waals surface area (Å²) in [5, 5.41) is 10.3. The smallest absolute Gasteiger partial charge is 0.273 e. The summed E-state index contributed by atoms with van der Waals surface area (Å²) >= 11 is 0. The number of halogens is 1. The molecule has 0 saturated carbocycles. The molecule has 0 aliphatic rings. The van der Waals surface area contributed by atoms with E-state index in [1.54, 1.807) is 19.2 Å². The van der Waals surface area contributed by atoms with E-state index in [1.165, 1.54) is 23.1 Å². The van der Waals surface area contributed by atoms with Crippen molar-refractivity contribution >= 4 is 5.91 Å². The molecule has 1 aromatic carbocycles. The van der Waals surface area contributed by atoms with Gasteiger partial charge in [-0.3, -0.25) is 4.79 Å². The van der Waals surface area contributed by atoms with Crippen LogP contribution < -0.4 is 5.32 Å². The van der Waals surface area contributed by atoms with Crippen molar-refractivity contribution in [2.45, 2.75) is 6.54 Å². The molecule has 88 valence electrons. The third-order valence-corrected chi connectivity index (χ3v) is 2.20. The lowest BCUT2D eigenvalue weighted by Crippen LogP contribution is -2.23. The van der Waals surface area contributed by atoms with E-state index in [1.807, 2.05) is 0 Å². The molecule has 0 aliphatic heterocycles. The summed E-state index contributed by atoms with van der Waals surface area (Å²) in [7, 11) is 1.64. The lowest BCUT2D eigenvalue weighted by atomic mass is 10.2. The van der Waals surface area contributed by atoms with Crippen LogP contribution in [0.5, 0.6) is 0 Å². The van der Waals surface area contributed by atoms with Gasteiger partial charge in [0.1, 0.15) is 5.82 Å². The monoisotopic (exact) mass is 234 g/mol. The summed E-state index contributed by atoms with van der Waals surface area (Å²) in [6.45, 7) is 0.329. The molecular weight excluding hydrogens is 223 g/mol. The van der Waals surface area contributed by atoms with E-state index in [0.29, 0.717) is 6.54 Å². The highest BCUT2D eigenvalue weighted by Crippen LogP contribution is 2.02. The average Bonchev–Trinajstić information content (AvgIpc) is 2.75. The van der Waals surface area contributed by atoms with E-state index in [9.17, 15) is 9.18 Å². The molecule has 17 heavy (non-hydrogen) atoms. The molecule has 2 rings (SSSR count). The number of carbonyl (C=O) groups excluding carboxylic acids is 1. The van der Waals surface area contributed by atoms with Crippen molar-refractivity contribution in [2.75, 3.05) is 0 Å². The van der Waals surface area contributed by atoms with Gasteiger partial charge in [0.2, 0.25) is 0 Å². The quantitative estimate of drug-likeness (QED) is 0.857. The number of nitrogens with one attached hydrogen (secondary N) is 1. The molecule has 0 bridgehead atoms. The van der Waals surface area contributed by atoms with Crippen LogP contribution in [0, 0.1) is 5.82 Å². The largest absolute Gasteiger partial charge is 0.347 e. The van der Waals surface area contributed by atoms with Gasteiger partial charge in [-0.05, 0) is 17.7 Å². The van der Waals surface area contributed by atoms with Crippen molar-refractivity contribution < 1.29 is 9.18 Å². The van der Waals surface area contributed by atoms with Crippen LogP contribution in [0.2, 0.25) is 0 Å². The Labute approximate surface area is 97.3 Å². The van der Waals surface area contributed by atoms with Gasteiger partial charge in [-0.2, -0.15) is 9.90 Å². The second kappa shape index (κ2) is 4.73. The van der Waals surface area contributed by atoms with E-state index < -0.39 is 0 Å². The molecule has 0 radical (unpaired) electrons. The lowest BCUT2D eigenvalue weighted by molar-refractivity contribution is 0.0945. The number of hydrogen-bond acceptors (Lipinski definition) is 3. The van der Waals surface area contributed by atoms with E-state index in [4.69, 9.17) is 0 Å². The summed E-state index contributed by atoms with van der Waals surface area (Å²) in [6.07, 6.45) is 1.39. The first-order valence-corrected chi connectivity index (χ1v) is 5.04. The van der Waals surface area contributed by atoms with Crippen LogP contribution in [-0.4, -0.2) is 20.9 Å². The highest BCUT2D eigenvalue weighted by molar-refractivity contribution is 5.91. The summed E-state index contributed by atoms with van der Waals surface area (Å²) in [6, 6.07) is 5.94. The topological polar surface area (TPSA) is 59.8 Å². The molecular formula is C11H11FN4O. The summed E-state index contributed by atoms with van der Waals surface area (Å²) in [4.78, 5) is 12.9. The first-order valence-electron chi connectivity index (χ1n) is 5.04. The van der Waals surface area contributed by atoms with E-state index in [2.05, 4.69) is 15.5 Å². The maximum absolute atomic E-state index is 12.6. The molecule has 2 aromatic rings. The standard InChI is InChI=1S/C11H11FN4O/c1-16-14-7-10(15-16)11(17)13-6-8-2-4-9(12)5-3-8/h2-5,7H,6H2,1H3,(H,13,17). The Morgan fingerprint density at radius 3 is 2.71 bits per heavy atom. The second-order valence-electron chi connectivity index (χ2n) is 3.53. The molecule has 5 nitrogen and oxygen atoms in total. The van der Waals surface area contributed by atoms with Crippen LogP contribution in [0.4, 0.5) is 4.39 Å². The van der Waals surface area contributed by atoms with Gasteiger partial charge in [-0.1, -0.05) is 12.1 Å². The Hall–Kier alpha value is -2.24. The van der Waals surface area contributed by atoms with Crippen LogP contribution in [0.25, 0.3) is 0 Å². The number of hydrogen-bond donors (Lipinski definition) is 1. The first-order chi connectivity index (χ1) is 8.15. The highest BCUT2D eigenvalue weighted by Gasteiger charge is 2.08. The van der Waals surface area contributed by atoms with Crippen LogP contribution in [0.1, 0.15) is 16.1 Å². The van der Waals surface area contributed by atoms with E-state index in [-0.39, 0.29) is 17.4 Å². The fourth-order valence-corrected chi connectivity index (χ4v) is 1.32. The molecule has 0 spiro atoms. The molecule has 0 atom stereocenters.